The van der Waals surface area contributed by atoms with Gasteiger partial charge in [0.1, 0.15) is 5.75 Å². The third-order valence-corrected chi connectivity index (χ3v) is 4.66. The Hall–Kier alpha value is -2.34. The van der Waals surface area contributed by atoms with Crippen LogP contribution in [0.2, 0.25) is 0 Å². The van der Waals surface area contributed by atoms with Crippen LogP contribution in [-0.4, -0.2) is 26.0 Å². The molecule has 138 valence electrons. The molecule has 2 rings (SSSR count). The highest BCUT2D eigenvalue weighted by Crippen LogP contribution is 2.26. The van der Waals surface area contributed by atoms with Crippen molar-refractivity contribution >= 4 is 33.4 Å². The average Bonchev–Trinajstić information content (AvgIpc) is 2.60. The fourth-order valence-corrected chi connectivity index (χ4v) is 3.25. The number of carbonyl (C=O) groups excluding carboxylic acids is 2. The molecule has 1 unspecified atom stereocenters. The number of anilines is 1. The van der Waals surface area contributed by atoms with Gasteiger partial charge in [0.25, 0.3) is 0 Å². The van der Waals surface area contributed by atoms with Crippen molar-refractivity contribution in [1.82, 2.24) is 5.32 Å². The number of nitrogens with one attached hydrogen (secondary N) is 1. The summed E-state index contributed by atoms with van der Waals surface area (Å²) in [4.78, 5) is 26.0. The third kappa shape index (κ3) is 5.08. The van der Waals surface area contributed by atoms with Crippen molar-refractivity contribution < 1.29 is 14.3 Å². The number of ether oxygens (including phenoxy) is 1. The number of benzene rings is 2. The molecule has 0 aliphatic heterocycles. The number of hydrogen-bond acceptors (Lipinski definition) is 3. The fourth-order valence-electron chi connectivity index (χ4n) is 2.77. The van der Waals surface area contributed by atoms with Crippen molar-refractivity contribution in [1.29, 1.82) is 0 Å². The van der Waals surface area contributed by atoms with Crippen LogP contribution < -0.4 is 15.0 Å². The van der Waals surface area contributed by atoms with Crippen LogP contribution in [0.25, 0.3) is 0 Å². The maximum atomic E-state index is 12.8. The Labute approximate surface area is 162 Å². The zero-order chi connectivity index (χ0) is 19.3. The van der Waals surface area contributed by atoms with E-state index in [1.807, 2.05) is 49.4 Å². The summed E-state index contributed by atoms with van der Waals surface area (Å²) in [5.41, 5.74) is 2.69. The minimum absolute atomic E-state index is 0.0787. The molecule has 0 saturated heterocycles. The molecule has 2 aromatic carbocycles. The van der Waals surface area contributed by atoms with Crippen LogP contribution in [0, 0.1) is 6.92 Å². The number of hydrogen-bond donors (Lipinski definition) is 1. The summed E-state index contributed by atoms with van der Waals surface area (Å²) in [6, 6.07) is 12.7. The number of methoxy groups -OCH3 is 1. The van der Waals surface area contributed by atoms with Gasteiger partial charge in [-0.2, -0.15) is 0 Å². The quantitative estimate of drug-likeness (QED) is 0.770. The van der Waals surface area contributed by atoms with E-state index in [1.54, 1.807) is 19.1 Å². The smallest absolute Gasteiger partial charge is 0.229 e. The molecule has 0 spiro atoms. The second kappa shape index (κ2) is 8.85. The molecule has 2 aromatic rings. The van der Waals surface area contributed by atoms with Gasteiger partial charge in [-0.3, -0.25) is 9.59 Å². The first-order chi connectivity index (χ1) is 12.3. The predicted molar refractivity (Wildman–Crippen MR) is 106 cm³/mol. The molecule has 6 heteroatoms. The number of carbonyl (C=O) groups is 2. The minimum atomic E-state index is -0.399. The Morgan fingerprint density at radius 3 is 2.38 bits per heavy atom. The van der Waals surface area contributed by atoms with Crippen molar-refractivity contribution in [3.8, 4) is 5.75 Å². The summed E-state index contributed by atoms with van der Waals surface area (Å²) >= 11 is 3.43. The first kappa shape index (κ1) is 20.0. The fraction of sp³-hybridized carbons (Fsp3) is 0.300. The normalized spacial score (nSPS) is 11.6. The minimum Gasteiger partial charge on any atom is -0.497 e. The predicted octanol–water partition coefficient (Wildman–Crippen LogP) is 4.00. The molecule has 26 heavy (non-hydrogen) atoms. The van der Waals surface area contributed by atoms with E-state index in [1.165, 1.54) is 6.92 Å². The summed E-state index contributed by atoms with van der Waals surface area (Å²) in [6.07, 6.45) is 0.165. The van der Waals surface area contributed by atoms with E-state index in [0.717, 1.165) is 27.0 Å². The Kier molecular flexibility index (Phi) is 6.80. The van der Waals surface area contributed by atoms with Crippen molar-refractivity contribution in [2.24, 2.45) is 0 Å². The second-order valence-electron chi connectivity index (χ2n) is 6.11. The van der Waals surface area contributed by atoms with Crippen molar-refractivity contribution in [2.45, 2.75) is 26.3 Å². The molecular formula is C20H23BrN2O3. The summed E-state index contributed by atoms with van der Waals surface area (Å²) in [5, 5.41) is 2.86. The average molecular weight is 419 g/mol. The lowest BCUT2D eigenvalue weighted by Crippen LogP contribution is -2.34. The Morgan fingerprint density at radius 2 is 1.85 bits per heavy atom. The molecular weight excluding hydrogens is 396 g/mol. The number of amides is 2. The molecule has 5 nitrogen and oxygen atoms in total. The number of aryl methyl sites for hydroxylation is 1. The number of nitrogens with zero attached hydrogens (tertiary/aromatic N) is 1. The van der Waals surface area contributed by atoms with Crippen LogP contribution in [0.15, 0.2) is 46.9 Å². The first-order valence-electron chi connectivity index (χ1n) is 8.25. The third-order valence-electron chi connectivity index (χ3n) is 4.17. The van der Waals surface area contributed by atoms with E-state index in [9.17, 15) is 9.59 Å². The van der Waals surface area contributed by atoms with Crippen LogP contribution in [0.1, 0.15) is 30.5 Å². The topological polar surface area (TPSA) is 58.6 Å². The Balaban J connectivity index is 2.20. The lowest BCUT2D eigenvalue weighted by atomic mass is 10.0. The van der Waals surface area contributed by atoms with Crippen molar-refractivity contribution in [3.05, 3.63) is 58.1 Å². The van der Waals surface area contributed by atoms with Gasteiger partial charge in [0.2, 0.25) is 11.8 Å². The molecule has 0 saturated carbocycles. The van der Waals surface area contributed by atoms with E-state index in [2.05, 4.69) is 21.2 Å². The maximum absolute atomic E-state index is 12.8. The summed E-state index contributed by atoms with van der Waals surface area (Å²) in [6.45, 7) is 3.40. The zero-order valence-electron chi connectivity index (χ0n) is 15.4. The van der Waals surface area contributed by atoms with Crippen LogP contribution in [0.3, 0.4) is 0 Å². The van der Waals surface area contributed by atoms with E-state index in [0.29, 0.717) is 0 Å². The summed E-state index contributed by atoms with van der Waals surface area (Å²) < 4.78 is 6.13. The van der Waals surface area contributed by atoms with Gasteiger partial charge in [-0.15, -0.1) is 0 Å². The number of halogens is 1. The molecule has 1 atom stereocenters. The maximum Gasteiger partial charge on any atom is 0.229 e. The van der Waals surface area contributed by atoms with Gasteiger partial charge in [-0.05, 0) is 48.4 Å². The molecule has 0 radical (unpaired) electrons. The van der Waals surface area contributed by atoms with Crippen LogP contribution in [0.4, 0.5) is 5.69 Å². The highest BCUT2D eigenvalue weighted by Gasteiger charge is 2.21. The van der Waals surface area contributed by atoms with Crippen LogP contribution >= 0.6 is 15.9 Å². The summed E-state index contributed by atoms with van der Waals surface area (Å²) in [5.74, 6) is 0.468. The summed E-state index contributed by atoms with van der Waals surface area (Å²) in [7, 11) is 3.34. The standard InChI is InChI=1S/C20H23BrN2O3/c1-13-11-16(21)7-10-19(13)23(3)20(25)12-18(22-14(2)24)15-5-8-17(26-4)9-6-15/h5-11,18H,12H2,1-4H3,(H,22,24). The molecule has 0 aliphatic rings. The molecule has 0 aromatic heterocycles. The monoisotopic (exact) mass is 418 g/mol. The van der Waals surface area contributed by atoms with Crippen molar-refractivity contribution in [2.75, 3.05) is 19.1 Å². The SMILES string of the molecule is COc1ccc(C(CC(=O)N(C)c2ccc(Br)cc2C)NC(C)=O)cc1. The number of rotatable bonds is 6. The molecule has 0 fully saturated rings. The largest absolute Gasteiger partial charge is 0.497 e. The van der Waals surface area contributed by atoms with Gasteiger partial charge in [-0.1, -0.05) is 28.1 Å². The van der Waals surface area contributed by atoms with Gasteiger partial charge in [0.15, 0.2) is 0 Å². The molecule has 0 aliphatic carbocycles. The van der Waals surface area contributed by atoms with Gasteiger partial charge in [0.05, 0.1) is 19.6 Å². The van der Waals surface area contributed by atoms with E-state index in [4.69, 9.17) is 4.74 Å². The van der Waals surface area contributed by atoms with Gasteiger partial charge in [0, 0.05) is 24.1 Å². The molecule has 1 N–H and O–H groups in total. The van der Waals surface area contributed by atoms with E-state index < -0.39 is 6.04 Å². The van der Waals surface area contributed by atoms with E-state index in [-0.39, 0.29) is 18.2 Å². The molecule has 0 bridgehead atoms. The highest BCUT2D eigenvalue weighted by atomic mass is 79.9. The van der Waals surface area contributed by atoms with E-state index >= 15 is 0 Å². The first-order valence-corrected chi connectivity index (χ1v) is 9.05. The van der Waals surface area contributed by atoms with Gasteiger partial charge >= 0.3 is 0 Å². The Bertz CT molecular complexity index is 790. The molecule has 0 heterocycles. The van der Waals surface area contributed by atoms with Gasteiger partial charge in [-0.25, -0.2) is 0 Å². The highest BCUT2D eigenvalue weighted by molar-refractivity contribution is 9.10. The zero-order valence-corrected chi connectivity index (χ0v) is 17.0. The van der Waals surface area contributed by atoms with Crippen molar-refractivity contribution in [3.63, 3.8) is 0 Å². The molecule has 2 amide bonds. The van der Waals surface area contributed by atoms with Crippen LogP contribution in [-0.2, 0) is 9.59 Å². The van der Waals surface area contributed by atoms with Gasteiger partial charge < -0.3 is 15.0 Å². The second-order valence-corrected chi connectivity index (χ2v) is 7.03. The Morgan fingerprint density at radius 1 is 1.19 bits per heavy atom. The lowest BCUT2D eigenvalue weighted by molar-refractivity contribution is -0.121. The van der Waals surface area contributed by atoms with Crippen LogP contribution in [0.5, 0.6) is 5.75 Å². The lowest BCUT2D eigenvalue weighted by Gasteiger charge is -2.24.